The molecule has 0 aliphatic carbocycles. The molecule has 3 nitrogen and oxygen atoms in total. The van der Waals surface area contributed by atoms with Crippen LogP contribution >= 0.6 is 12.2 Å². The van der Waals surface area contributed by atoms with E-state index in [0.717, 1.165) is 0 Å². The molecule has 0 aliphatic heterocycles. The van der Waals surface area contributed by atoms with Gasteiger partial charge in [-0.15, -0.1) is 0 Å². The van der Waals surface area contributed by atoms with Gasteiger partial charge >= 0.3 is 0 Å². The molecule has 0 fully saturated rings. The molecule has 0 aliphatic rings. The fourth-order valence-corrected chi connectivity index (χ4v) is 1.17. The first kappa shape index (κ1) is 11.4. The van der Waals surface area contributed by atoms with Crippen molar-refractivity contribution in [1.29, 1.82) is 5.26 Å². The van der Waals surface area contributed by atoms with E-state index in [1.807, 2.05) is 6.07 Å². The number of nitriles is 1. The van der Waals surface area contributed by atoms with E-state index >= 15 is 0 Å². The van der Waals surface area contributed by atoms with Gasteiger partial charge in [-0.2, -0.15) is 5.26 Å². The summed E-state index contributed by atoms with van der Waals surface area (Å²) in [6, 6.07) is 8.23. The number of anilines is 1. The average molecular weight is 223 g/mol. The highest BCUT2D eigenvalue weighted by Gasteiger charge is 2.01. The molecule has 78 valence electrons. The van der Waals surface area contributed by atoms with Gasteiger partial charge in [-0.3, -0.25) is 0 Å². The van der Waals surface area contributed by atoms with Crippen LogP contribution in [0.25, 0.3) is 0 Å². The van der Waals surface area contributed by atoms with Crippen molar-refractivity contribution in [3.63, 3.8) is 0 Å². The normalized spacial score (nSPS) is 9.07. The second kappa shape index (κ2) is 5.94. The van der Waals surface area contributed by atoms with Gasteiger partial charge in [0.15, 0.2) is 5.11 Å². The first-order chi connectivity index (χ1) is 7.24. The molecule has 0 aromatic heterocycles. The molecule has 0 bridgehead atoms. The van der Waals surface area contributed by atoms with E-state index in [-0.39, 0.29) is 5.82 Å². The summed E-state index contributed by atoms with van der Waals surface area (Å²) in [4.78, 5) is 0. The fourth-order valence-electron chi connectivity index (χ4n) is 0.961. The van der Waals surface area contributed by atoms with Crippen LogP contribution in [0.1, 0.15) is 6.42 Å². The third-order valence-electron chi connectivity index (χ3n) is 1.64. The summed E-state index contributed by atoms with van der Waals surface area (Å²) in [7, 11) is 0. The van der Waals surface area contributed by atoms with Crippen LogP contribution in [0.4, 0.5) is 10.1 Å². The number of thiocarbonyl (C=S) groups is 1. The summed E-state index contributed by atoms with van der Waals surface area (Å²) < 4.78 is 13.1. The van der Waals surface area contributed by atoms with E-state index in [4.69, 9.17) is 17.5 Å². The number of hydrogen-bond acceptors (Lipinski definition) is 2. The summed E-state index contributed by atoms with van der Waals surface area (Å²) in [5, 5.41) is 14.1. The molecule has 0 radical (unpaired) electrons. The van der Waals surface area contributed by atoms with Gasteiger partial charge in [0.1, 0.15) is 5.82 Å². The Morgan fingerprint density at radius 2 is 2.20 bits per heavy atom. The van der Waals surface area contributed by atoms with Crippen LogP contribution in [0.3, 0.4) is 0 Å². The standard InChI is InChI=1S/C10H10FN3S/c11-8-4-1-2-5-9(8)14-10(15)13-7-3-6-12/h1-2,4-5H,3,7H2,(H2,13,14,15). The summed E-state index contributed by atoms with van der Waals surface area (Å²) in [5.74, 6) is -0.359. The van der Waals surface area contributed by atoms with Crippen molar-refractivity contribution in [3.8, 4) is 6.07 Å². The first-order valence-corrected chi connectivity index (χ1v) is 4.81. The third kappa shape index (κ3) is 3.92. The number of halogens is 1. The SMILES string of the molecule is N#CCCNC(=S)Nc1ccccc1F. The third-order valence-corrected chi connectivity index (χ3v) is 1.89. The maximum atomic E-state index is 13.1. The van der Waals surface area contributed by atoms with Crippen LogP contribution in [-0.4, -0.2) is 11.7 Å². The van der Waals surface area contributed by atoms with E-state index in [1.165, 1.54) is 6.07 Å². The Bertz CT molecular complexity index is 386. The van der Waals surface area contributed by atoms with Gasteiger partial charge in [-0.25, -0.2) is 4.39 Å². The van der Waals surface area contributed by atoms with Crippen molar-refractivity contribution < 1.29 is 4.39 Å². The lowest BCUT2D eigenvalue weighted by molar-refractivity contribution is 0.632. The molecule has 1 rings (SSSR count). The lowest BCUT2D eigenvalue weighted by Gasteiger charge is -2.09. The van der Waals surface area contributed by atoms with Crippen molar-refractivity contribution >= 4 is 23.0 Å². The second-order valence-electron chi connectivity index (χ2n) is 2.77. The van der Waals surface area contributed by atoms with E-state index < -0.39 is 0 Å². The van der Waals surface area contributed by atoms with E-state index in [0.29, 0.717) is 23.8 Å². The topological polar surface area (TPSA) is 47.9 Å². The minimum Gasteiger partial charge on any atom is -0.361 e. The fraction of sp³-hybridized carbons (Fsp3) is 0.200. The maximum absolute atomic E-state index is 13.1. The minimum atomic E-state index is -0.359. The lowest BCUT2D eigenvalue weighted by Crippen LogP contribution is -2.29. The van der Waals surface area contributed by atoms with Gasteiger partial charge in [0.05, 0.1) is 18.2 Å². The quantitative estimate of drug-likeness (QED) is 0.608. The van der Waals surface area contributed by atoms with Gasteiger partial charge in [-0.1, -0.05) is 12.1 Å². The summed E-state index contributed by atoms with van der Waals surface area (Å²) in [6.07, 6.45) is 0.360. The number of para-hydroxylation sites is 1. The molecule has 0 atom stereocenters. The molecule has 0 saturated heterocycles. The van der Waals surface area contributed by atoms with Gasteiger partial charge in [-0.05, 0) is 24.4 Å². The number of nitrogens with one attached hydrogen (secondary N) is 2. The highest BCUT2D eigenvalue weighted by Crippen LogP contribution is 2.11. The predicted molar refractivity (Wildman–Crippen MR) is 60.9 cm³/mol. The zero-order chi connectivity index (χ0) is 11.1. The van der Waals surface area contributed by atoms with Crippen LogP contribution in [0.2, 0.25) is 0 Å². The predicted octanol–water partition coefficient (Wildman–Crippen LogP) is 2.03. The Hall–Kier alpha value is -1.67. The van der Waals surface area contributed by atoms with Gasteiger partial charge in [0.2, 0.25) is 0 Å². The molecule has 5 heteroatoms. The van der Waals surface area contributed by atoms with Crippen LogP contribution in [-0.2, 0) is 0 Å². The Labute approximate surface area is 92.9 Å². The van der Waals surface area contributed by atoms with Crippen LogP contribution < -0.4 is 10.6 Å². The molecule has 0 saturated carbocycles. The Kier molecular flexibility index (Phi) is 4.51. The van der Waals surface area contributed by atoms with E-state index in [1.54, 1.807) is 18.2 Å². The van der Waals surface area contributed by atoms with Gasteiger partial charge in [0, 0.05) is 6.54 Å². The first-order valence-electron chi connectivity index (χ1n) is 4.40. The molecule has 2 N–H and O–H groups in total. The maximum Gasteiger partial charge on any atom is 0.170 e. The van der Waals surface area contributed by atoms with Gasteiger partial charge < -0.3 is 10.6 Å². The molecule has 0 heterocycles. The van der Waals surface area contributed by atoms with Crippen molar-refractivity contribution in [3.05, 3.63) is 30.1 Å². The van der Waals surface area contributed by atoms with Crippen molar-refractivity contribution in [2.75, 3.05) is 11.9 Å². The molecule has 15 heavy (non-hydrogen) atoms. The molecule has 1 aromatic carbocycles. The Morgan fingerprint density at radius 1 is 1.47 bits per heavy atom. The highest BCUT2D eigenvalue weighted by molar-refractivity contribution is 7.80. The summed E-state index contributed by atoms with van der Waals surface area (Å²) in [6.45, 7) is 0.455. The number of benzene rings is 1. The number of hydrogen-bond donors (Lipinski definition) is 2. The molecule has 0 spiro atoms. The van der Waals surface area contributed by atoms with E-state index in [2.05, 4.69) is 10.6 Å². The Balaban J connectivity index is 2.45. The smallest absolute Gasteiger partial charge is 0.170 e. The number of nitrogens with zero attached hydrogens (tertiary/aromatic N) is 1. The molecule has 1 aromatic rings. The van der Waals surface area contributed by atoms with Crippen LogP contribution in [0.5, 0.6) is 0 Å². The minimum absolute atomic E-state index is 0.315. The number of rotatable bonds is 3. The van der Waals surface area contributed by atoms with Crippen molar-refractivity contribution in [1.82, 2.24) is 5.32 Å². The monoisotopic (exact) mass is 223 g/mol. The lowest BCUT2D eigenvalue weighted by atomic mass is 10.3. The zero-order valence-corrected chi connectivity index (χ0v) is 8.77. The van der Waals surface area contributed by atoms with Crippen molar-refractivity contribution in [2.45, 2.75) is 6.42 Å². The molecule has 0 unspecified atom stereocenters. The van der Waals surface area contributed by atoms with Gasteiger partial charge in [0.25, 0.3) is 0 Å². The average Bonchev–Trinajstić information content (AvgIpc) is 2.22. The summed E-state index contributed by atoms with van der Waals surface area (Å²) in [5.41, 5.74) is 0.326. The van der Waals surface area contributed by atoms with E-state index in [9.17, 15) is 4.39 Å². The molecule has 0 amide bonds. The van der Waals surface area contributed by atoms with Crippen molar-refractivity contribution in [2.24, 2.45) is 0 Å². The van der Waals surface area contributed by atoms with Crippen LogP contribution in [0.15, 0.2) is 24.3 Å². The molecular weight excluding hydrogens is 213 g/mol. The Morgan fingerprint density at radius 3 is 2.87 bits per heavy atom. The summed E-state index contributed by atoms with van der Waals surface area (Å²) >= 11 is 4.91. The zero-order valence-electron chi connectivity index (χ0n) is 7.96. The second-order valence-corrected chi connectivity index (χ2v) is 3.18. The van der Waals surface area contributed by atoms with Crippen LogP contribution in [0, 0.1) is 17.1 Å². The highest BCUT2D eigenvalue weighted by atomic mass is 32.1. The largest absolute Gasteiger partial charge is 0.361 e. The molecular formula is C10H10FN3S.